The van der Waals surface area contributed by atoms with E-state index < -0.39 is 8.07 Å². The van der Waals surface area contributed by atoms with Crippen LogP contribution in [0.4, 0.5) is 11.5 Å². The van der Waals surface area contributed by atoms with Crippen LogP contribution >= 0.6 is 0 Å². The summed E-state index contributed by atoms with van der Waals surface area (Å²) in [6.07, 6.45) is 7.99. The van der Waals surface area contributed by atoms with Crippen molar-refractivity contribution in [3.8, 4) is 0 Å². The van der Waals surface area contributed by atoms with Gasteiger partial charge in [-0.25, -0.2) is 9.67 Å². The van der Waals surface area contributed by atoms with Crippen molar-refractivity contribution >= 4 is 60.2 Å². The number of para-hydroxylation sites is 1. The number of piperazine rings is 1. The molecule has 1 saturated heterocycles. The minimum Gasteiger partial charge on any atom is -0.360 e. The van der Waals surface area contributed by atoms with Crippen molar-refractivity contribution in [2.45, 2.75) is 32.4 Å². The summed E-state index contributed by atoms with van der Waals surface area (Å²) in [6, 6.07) is 19.3. The van der Waals surface area contributed by atoms with Crippen molar-refractivity contribution in [2.75, 3.05) is 50.1 Å². The summed E-state index contributed by atoms with van der Waals surface area (Å²) in [6.45, 7) is 12.3. The van der Waals surface area contributed by atoms with E-state index in [4.69, 9.17) is 14.8 Å². The van der Waals surface area contributed by atoms with Crippen LogP contribution in [0, 0.1) is 0 Å². The number of anilines is 2. The highest BCUT2D eigenvalue weighted by atomic mass is 28.3. The highest BCUT2D eigenvalue weighted by Crippen LogP contribution is 2.33. The van der Waals surface area contributed by atoms with Crippen LogP contribution < -0.4 is 10.2 Å². The first kappa shape index (κ1) is 29.0. The van der Waals surface area contributed by atoms with Crippen molar-refractivity contribution in [2.24, 2.45) is 0 Å². The van der Waals surface area contributed by atoms with Crippen LogP contribution in [0.3, 0.4) is 0 Å². The lowest BCUT2D eigenvalue weighted by molar-refractivity contribution is -0.110. The minimum atomic E-state index is -1.20. The van der Waals surface area contributed by atoms with Crippen LogP contribution in [0.2, 0.25) is 25.7 Å². The second kappa shape index (κ2) is 12.3. The van der Waals surface area contributed by atoms with Gasteiger partial charge in [-0.2, -0.15) is 5.10 Å². The number of hydrogen-bond acceptors (Lipinski definition) is 6. The lowest BCUT2D eigenvalue weighted by Gasteiger charge is -2.33. The Balaban J connectivity index is 1.27. The van der Waals surface area contributed by atoms with E-state index in [1.807, 2.05) is 53.4 Å². The maximum atomic E-state index is 12.7. The number of hydrogen-bond donors (Lipinski definition) is 1. The van der Waals surface area contributed by atoms with E-state index in [1.165, 1.54) is 0 Å². The fourth-order valence-electron chi connectivity index (χ4n) is 5.40. The summed E-state index contributed by atoms with van der Waals surface area (Å²) in [5.74, 6) is 0.941. The first-order valence-corrected chi connectivity index (χ1v) is 18.7. The molecule has 9 heteroatoms. The molecule has 0 aliphatic carbocycles. The lowest BCUT2D eigenvalue weighted by atomic mass is 10.0. The zero-order chi connectivity index (χ0) is 30.0. The molecule has 4 aromatic rings. The van der Waals surface area contributed by atoms with Crippen LogP contribution in [-0.2, 0) is 16.3 Å². The molecule has 0 spiro atoms. The second-order valence-electron chi connectivity index (χ2n) is 12.6. The number of nitrogens with zero attached hydrogens (tertiary/aromatic N) is 5. The maximum absolute atomic E-state index is 12.7. The van der Waals surface area contributed by atoms with Gasteiger partial charge in [-0.05, 0) is 66.7 Å². The number of nitrogens with one attached hydrogen (secondary N) is 1. The van der Waals surface area contributed by atoms with Crippen molar-refractivity contribution in [1.82, 2.24) is 19.7 Å². The minimum absolute atomic E-state index is 0.0830. The molecule has 1 N–H and O–H groups in total. The van der Waals surface area contributed by atoms with Gasteiger partial charge in [0.1, 0.15) is 12.5 Å². The number of likely N-dealkylation sites (N-methyl/N-ethyl adjacent to an activating group) is 1. The van der Waals surface area contributed by atoms with E-state index in [1.54, 1.807) is 0 Å². The molecule has 1 fully saturated rings. The van der Waals surface area contributed by atoms with Crippen LogP contribution in [0.5, 0.6) is 0 Å². The van der Waals surface area contributed by atoms with Crippen molar-refractivity contribution in [3.63, 3.8) is 0 Å². The predicted octanol–water partition coefficient (Wildman–Crippen LogP) is 6.16. The van der Waals surface area contributed by atoms with Gasteiger partial charge in [-0.15, -0.1) is 0 Å². The molecule has 6 rings (SSSR count). The highest BCUT2D eigenvalue weighted by molar-refractivity contribution is 6.76. The fourth-order valence-corrected chi connectivity index (χ4v) is 6.16. The number of carbonyl (C=O) groups excluding carboxylic acids is 1. The topological polar surface area (TPSA) is 75.5 Å². The molecule has 0 bridgehead atoms. The molecule has 222 valence electrons. The normalized spacial score (nSPS) is 16.9. The molecule has 0 atom stereocenters. The molecule has 2 aliphatic heterocycles. The Bertz CT molecular complexity index is 1680. The Labute approximate surface area is 254 Å². The zero-order valence-electron chi connectivity index (χ0n) is 25.5. The molecule has 0 unspecified atom stereocenters. The van der Waals surface area contributed by atoms with Crippen molar-refractivity contribution in [1.29, 1.82) is 0 Å². The maximum Gasteiger partial charge on any atom is 0.256 e. The summed E-state index contributed by atoms with van der Waals surface area (Å²) in [5.41, 5.74) is 6.24. The third kappa shape index (κ3) is 6.80. The summed E-state index contributed by atoms with van der Waals surface area (Å²) >= 11 is 0. The SMILES string of the molecule is CN1CCN(c2ccc(/C=C/c3nn(COCC[Si](C)(C)C)c4cc(/C=C5/C(=O)Nc6ccccc65)ccc34)cn2)CC1. The summed E-state index contributed by atoms with van der Waals surface area (Å²) in [5, 5.41) is 8.94. The lowest BCUT2D eigenvalue weighted by Crippen LogP contribution is -2.44. The summed E-state index contributed by atoms with van der Waals surface area (Å²) in [7, 11) is 0.961. The van der Waals surface area contributed by atoms with E-state index >= 15 is 0 Å². The molecule has 2 aromatic heterocycles. The van der Waals surface area contributed by atoms with Crippen LogP contribution in [0.25, 0.3) is 34.7 Å². The third-order valence-corrected chi connectivity index (χ3v) is 9.77. The molecule has 4 heterocycles. The first-order valence-electron chi connectivity index (χ1n) is 15.0. The Morgan fingerprint density at radius 2 is 1.77 bits per heavy atom. The highest BCUT2D eigenvalue weighted by Gasteiger charge is 2.23. The summed E-state index contributed by atoms with van der Waals surface area (Å²) in [4.78, 5) is 22.2. The quantitative estimate of drug-likeness (QED) is 0.143. The van der Waals surface area contributed by atoms with Gasteiger partial charge >= 0.3 is 0 Å². The Hall–Kier alpha value is -4.05. The number of benzene rings is 2. The van der Waals surface area contributed by atoms with E-state index in [0.29, 0.717) is 18.9 Å². The van der Waals surface area contributed by atoms with Gasteiger partial charge in [-0.3, -0.25) is 4.79 Å². The van der Waals surface area contributed by atoms with Gasteiger partial charge in [0, 0.05) is 69.3 Å². The van der Waals surface area contributed by atoms with Gasteiger partial charge < -0.3 is 19.9 Å². The molecule has 2 aromatic carbocycles. The van der Waals surface area contributed by atoms with E-state index in [9.17, 15) is 4.79 Å². The van der Waals surface area contributed by atoms with E-state index in [0.717, 1.165) is 77.0 Å². The monoisotopic (exact) mass is 592 g/mol. The van der Waals surface area contributed by atoms with E-state index in [2.05, 4.69) is 72.1 Å². The van der Waals surface area contributed by atoms with Crippen LogP contribution in [-0.4, -0.2) is 73.5 Å². The molecule has 1 amide bonds. The summed E-state index contributed by atoms with van der Waals surface area (Å²) < 4.78 is 8.04. The molecular formula is C34H40N6O2Si. The van der Waals surface area contributed by atoms with Gasteiger partial charge in [0.25, 0.3) is 5.91 Å². The average molecular weight is 593 g/mol. The molecule has 0 radical (unpaired) electrons. The third-order valence-electron chi connectivity index (χ3n) is 8.07. The number of rotatable bonds is 9. The van der Waals surface area contributed by atoms with E-state index in [-0.39, 0.29) is 5.91 Å². The van der Waals surface area contributed by atoms with Gasteiger partial charge in [0.05, 0.1) is 11.2 Å². The Morgan fingerprint density at radius 1 is 0.977 bits per heavy atom. The van der Waals surface area contributed by atoms with Crippen LogP contribution in [0.1, 0.15) is 22.4 Å². The number of ether oxygens (including phenoxy) is 1. The van der Waals surface area contributed by atoms with Gasteiger partial charge in [-0.1, -0.05) is 50.0 Å². The molecular weight excluding hydrogens is 553 g/mol. The van der Waals surface area contributed by atoms with Gasteiger partial charge in [0.15, 0.2) is 0 Å². The number of carbonyl (C=O) groups is 1. The second-order valence-corrected chi connectivity index (χ2v) is 18.3. The molecule has 0 saturated carbocycles. The van der Waals surface area contributed by atoms with Crippen molar-refractivity contribution in [3.05, 3.63) is 83.2 Å². The first-order chi connectivity index (χ1) is 20.7. The molecule has 2 aliphatic rings. The molecule has 8 nitrogen and oxygen atoms in total. The number of amides is 1. The zero-order valence-corrected chi connectivity index (χ0v) is 26.5. The largest absolute Gasteiger partial charge is 0.360 e. The smallest absolute Gasteiger partial charge is 0.256 e. The standard InChI is InChI=1S/C34H40N6O2Si/c1-38-15-17-39(18-16-38)33-14-11-25(23-35-33)10-13-31-28-12-9-26(21-29-27-7-5-6-8-30(27)36-34(29)41)22-32(28)40(37-31)24-42-19-20-43(2,3)4/h5-14,21-23H,15-20,24H2,1-4H3,(H,36,41)/b13-10+,29-21+. The number of aromatic nitrogens is 3. The Kier molecular flexibility index (Phi) is 8.29. The Morgan fingerprint density at radius 3 is 2.53 bits per heavy atom. The number of pyridine rings is 1. The predicted molar refractivity (Wildman–Crippen MR) is 180 cm³/mol. The fraction of sp³-hybridized carbons (Fsp3) is 0.324. The average Bonchev–Trinajstić information content (AvgIpc) is 3.50. The number of fused-ring (bicyclic) bond motifs is 2. The van der Waals surface area contributed by atoms with Crippen molar-refractivity contribution < 1.29 is 9.53 Å². The van der Waals surface area contributed by atoms with Crippen LogP contribution in [0.15, 0.2) is 60.8 Å². The molecule has 43 heavy (non-hydrogen) atoms. The van der Waals surface area contributed by atoms with Gasteiger partial charge in [0.2, 0.25) is 0 Å².